The summed E-state index contributed by atoms with van der Waals surface area (Å²) in [5.41, 5.74) is 0.187. The Hall–Kier alpha value is -2.41. The molecule has 0 fully saturated rings. The van der Waals surface area contributed by atoms with Crippen LogP contribution in [0.5, 0.6) is 0 Å². The Morgan fingerprint density at radius 2 is 1.74 bits per heavy atom. The van der Waals surface area contributed by atoms with E-state index in [2.05, 4.69) is 5.32 Å². The van der Waals surface area contributed by atoms with E-state index < -0.39 is 29.6 Å². The van der Waals surface area contributed by atoms with Gasteiger partial charge < -0.3 is 19.5 Å². The lowest BCUT2D eigenvalue weighted by Crippen LogP contribution is -2.46. The van der Waals surface area contributed by atoms with Gasteiger partial charge in [0.1, 0.15) is 18.2 Å². The number of ketones is 1. The van der Waals surface area contributed by atoms with Gasteiger partial charge in [0.25, 0.3) is 0 Å². The Kier molecular flexibility index (Phi) is 8.94. The second kappa shape index (κ2) is 10.7. The number of carbonyl (C=O) groups is 3. The third-order valence-electron chi connectivity index (χ3n) is 3.55. The van der Waals surface area contributed by atoms with Crippen molar-refractivity contribution in [3.8, 4) is 0 Å². The highest BCUT2D eigenvalue weighted by molar-refractivity contribution is 5.90. The molecule has 7 nitrogen and oxygen atoms in total. The van der Waals surface area contributed by atoms with Crippen LogP contribution in [0.1, 0.15) is 39.7 Å². The number of hydrogen-bond acceptors (Lipinski definition) is 6. The van der Waals surface area contributed by atoms with Crippen LogP contribution in [0, 0.1) is 5.92 Å². The molecule has 1 aromatic carbocycles. The second-order valence-corrected chi connectivity index (χ2v) is 7.32. The molecular weight excluding hydrogens is 350 g/mol. The normalized spacial score (nSPS) is 13.4. The topological polar surface area (TPSA) is 90.9 Å². The Morgan fingerprint density at radius 3 is 2.30 bits per heavy atom. The summed E-state index contributed by atoms with van der Waals surface area (Å²) in [6, 6.07) is 8.39. The summed E-state index contributed by atoms with van der Waals surface area (Å²) in [6.07, 6.45) is -0.783. The van der Waals surface area contributed by atoms with E-state index in [4.69, 9.17) is 14.2 Å². The lowest BCUT2D eigenvalue weighted by Gasteiger charge is -2.23. The largest absolute Gasteiger partial charge is 0.461 e. The van der Waals surface area contributed by atoms with Gasteiger partial charge in [-0.1, -0.05) is 37.3 Å². The molecular formula is C20H29NO6. The average Bonchev–Trinajstić information content (AvgIpc) is 2.58. The predicted molar refractivity (Wildman–Crippen MR) is 100 cm³/mol. The van der Waals surface area contributed by atoms with Gasteiger partial charge in [0.05, 0.1) is 12.5 Å². The highest BCUT2D eigenvalue weighted by Gasteiger charge is 2.27. The van der Waals surface area contributed by atoms with E-state index in [9.17, 15) is 14.4 Å². The molecule has 27 heavy (non-hydrogen) atoms. The summed E-state index contributed by atoms with van der Waals surface area (Å²) < 4.78 is 15.4. The predicted octanol–water partition coefficient (Wildman–Crippen LogP) is 2.86. The maximum atomic E-state index is 12.5. The highest BCUT2D eigenvalue weighted by atomic mass is 16.6. The molecule has 1 amide bonds. The van der Waals surface area contributed by atoms with Gasteiger partial charge in [0, 0.05) is 13.5 Å². The van der Waals surface area contributed by atoms with Crippen molar-refractivity contribution in [3.63, 3.8) is 0 Å². The summed E-state index contributed by atoms with van der Waals surface area (Å²) in [5, 5.41) is 2.49. The first-order valence-electron chi connectivity index (χ1n) is 8.84. The lowest BCUT2D eigenvalue weighted by molar-refractivity contribution is -0.151. The minimum absolute atomic E-state index is 0.0101. The molecule has 1 aromatic rings. The molecule has 0 heterocycles. The summed E-state index contributed by atoms with van der Waals surface area (Å²) in [5.74, 6) is -1.44. The van der Waals surface area contributed by atoms with Crippen LogP contribution in [0.2, 0.25) is 0 Å². The van der Waals surface area contributed by atoms with Crippen LogP contribution in [0.3, 0.4) is 0 Å². The number of carbonyl (C=O) groups excluding carboxylic acids is 3. The van der Waals surface area contributed by atoms with Crippen molar-refractivity contribution in [1.29, 1.82) is 0 Å². The van der Waals surface area contributed by atoms with Crippen molar-refractivity contribution in [1.82, 2.24) is 5.32 Å². The number of methoxy groups -OCH3 is 1. The fourth-order valence-corrected chi connectivity index (χ4v) is 2.23. The molecule has 1 rings (SSSR count). The molecule has 0 bridgehead atoms. The van der Waals surface area contributed by atoms with Gasteiger partial charge in [-0.15, -0.1) is 0 Å². The first-order chi connectivity index (χ1) is 12.6. The van der Waals surface area contributed by atoms with Crippen molar-refractivity contribution in [2.24, 2.45) is 5.92 Å². The average molecular weight is 379 g/mol. The summed E-state index contributed by atoms with van der Waals surface area (Å²) in [6.45, 7) is 6.93. The minimum atomic E-state index is -0.894. The van der Waals surface area contributed by atoms with E-state index in [1.807, 2.05) is 30.3 Å². The molecule has 2 atom stereocenters. The van der Waals surface area contributed by atoms with Gasteiger partial charge in [0.15, 0.2) is 5.78 Å². The number of amides is 1. The Balaban J connectivity index is 2.55. The van der Waals surface area contributed by atoms with E-state index in [1.54, 1.807) is 27.7 Å². The molecule has 0 saturated heterocycles. The maximum absolute atomic E-state index is 12.5. The molecule has 150 valence electrons. The van der Waals surface area contributed by atoms with Gasteiger partial charge in [-0.3, -0.25) is 9.59 Å². The number of rotatable bonds is 9. The number of alkyl carbamates (subject to hydrolysis) is 1. The molecule has 0 spiro atoms. The standard InChI is InChI=1S/C20H29NO6/c1-14(18(23)26-12-15-9-7-6-8-10-15)11-17(22)16(13-25-5)21-19(24)27-20(2,3)4/h6-10,14,16H,11-13H2,1-5H3,(H,21,24)/t14-,16+/m1/s1. The van der Waals surface area contributed by atoms with E-state index in [-0.39, 0.29) is 25.4 Å². The molecule has 0 saturated carbocycles. The van der Waals surface area contributed by atoms with Gasteiger partial charge in [-0.2, -0.15) is 0 Å². The first kappa shape index (κ1) is 22.6. The first-order valence-corrected chi connectivity index (χ1v) is 8.84. The molecule has 0 radical (unpaired) electrons. The number of hydrogen-bond donors (Lipinski definition) is 1. The number of benzene rings is 1. The summed E-state index contributed by atoms with van der Waals surface area (Å²) in [7, 11) is 1.43. The number of nitrogens with one attached hydrogen (secondary N) is 1. The smallest absolute Gasteiger partial charge is 0.408 e. The second-order valence-electron chi connectivity index (χ2n) is 7.32. The fourth-order valence-electron chi connectivity index (χ4n) is 2.23. The van der Waals surface area contributed by atoms with Crippen LogP contribution in [-0.2, 0) is 30.4 Å². The van der Waals surface area contributed by atoms with Crippen LogP contribution >= 0.6 is 0 Å². The zero-order chi connectivity index (χ0) is 20.4. The minimum Gasteiger partial charge on any atom is -0.461 e. The molecule has 0 aromatic heterocycles. The summed E-state index contributed by atoms with van der Waals surface area (Å²) >= 11 is 0. The zero-order valence-corrected chi connectivity index (χ0v) is 16.6. The van der Waals surface area contributed by atoms with Crippen molar-refractivity contribution in [3.05, 3.63) is 35.9 Å². The van der Waals surface area contributed by atoms with Crippen LogP contribution in [0.25, 0.3) is 0 Å². The van der Waals surface area contributed by atoms with E-state index >= 15 is 0 Å². The van der Waals surface area contributed by atoms with Crippen molar-refractivity contribution < 1.29 is 28.6 Å². The third-order valence-corrected chi connectivity index (χ3v) is 3.55. The van der Waals surface area contributed by atoms with E-state index in [1.165, 1.54) is 7.11 Å². The van der Waals surface area contributed by atoms with Gasteiger partial charge in [-0.05, 0) is 26.3 Å². The zero-order valence-electron chi connectivity index (χ0n) is 16.6. The third kappa shape index (κ3) is 9.19. The molecule has 0 aliphatic rings. The van der Waals surface area contributed by atoms with Crippen LogP contribution in [0.4, 0.5) is 4.79 Å². The molecule has 1 N–H and O–H groups in total. The van der Waals surface area contributed by atoms with Crippen molar-refractivity contribution in [2.45, 2.75) is 52.4 Å². The SMILES string of the molecule is COC[C@H](NC(=O)OC(C)(C)C)C(=O)C[C@@H](C)C(=O)OCc1ccccc1. The Bertz CT molecular complexity index is 623. The van der Waals surface area contributed by atoms with Gasteiger partial charge in [-0.25, -0.2) is 4.79 Å². The number of esters is 1. The number of Topliss-reactive ketones (excluding diaryl/α,β-unsaturated/α-hetero) is 1. The lowest BCUT2D eigenvalue weighted by atomic mass is 10.0. The van der Waals surface area contributed by atoms with E-state index in [0.29, 0.717) is 0 Å². The van der Waals surface area contributed by atoms with Crippen molar-refractivity contribution in [2.75, 3.05) is 13.7 Å². The van der Waals surface area contributed by atoms with E-state index in [0.717, 1.165) is 5.56 Å². The van der Waals surface area contributed by atoms with Gasteiger partial charge >= 0.3 is 12.1 Å². The molecule has 0 aliphatic carbocycles. The van der Waals surface area contributed by atoms with Crippen LogP contribution < -0.4 is 5.32 Å². The molecule has 0 unspecified atom stereocenters. The maximum Gasteiger partial charge on any atom is 0.408 e. The number of ether oxygens (including phenoxy) is 3. The monoisotopic (exact) mass is 379 g/mol. The van der Waals surface area contributed by atoms with Crippen molar-refractivity contribution >= 4 is 17.8 Å². The fraction of sp³-hybridized carbons (Fsp3) is 0.550. The Morgan fingerprint density at radius 1 is 1.11 bits per heavy atom. The van der Waals surface area contributed by atoms with Crippen LogP contribution in [0.15, 0.2) is 30.3 Å². The molecule has 7 heteroatoms. The Labute approximate surface area is 160 Å². The molecule has 0 aliphatic heterocycles. The quantitative estimate of drug-likeness (QED) is 0.664. The van der Waals surface area contributed by atoms with Gasteiger partial charge in [0.2, 0.25) is 0 Å². The summed E-state index contributed by atoms with van der Waals surface area (Å²) in [4.78, 5) is 36.5. The highest BCUT2D eigenvalue weighted by Crippen LogP contribution is 2.11. The van der Waals surface area contributed by atoms with Crippen LogP contribution in [-0.4, -0.2) is 43.2 Å².